The number of aromatic nitrogens is 1. The van der Waals surface area contributed by atoms with E-state index in [2.05, 4.69) is 16.4 Å². The highest BCUT2D eigenvalue weighted by Crippen LogP contribution is 2.32. The second-order valence-corrected chi connectivity index (χ2v) is 3.84. The summed E-state index contributed by atoms with van der Waals surface area (Å²) in [5, 5.41) is 3.42. The van der Waals surface area contributed by atoms with E-state index in [1.807, 2.05) is 19.2 Å². The van der Waals surface area contributed by atoms with Crippen LogP contribution in [0.2, 0.25) is 0 Å². The third-order valence-corrected chi connectivity index (χ3v) is 2.48. The number of nitrogens with zero attached hydrogens (tertiary/aromatic N) is 1. The summed E-state index contributed by atoms with van der Waals surface area (Å²) in [6.07, 6.45) is 6.06. The zero-order valence-corrected chi connectivity index (χ0v) is 8.09. The first-order valence-corrected chi connectivity index (χ1v) is 5.01. The molecule has 70 valence electrons. The van der Waals surface area contributed by atoms with Gasteiger partial charge in [-0.15, -0.1) is 0 Å². The lowest BCUT2D eigenvalue weighted by Gasteiger charge is -2.05. The van der Waals surface area contributed by atoms with Gasteiger partial charge in [0.2, 0.25) is 0 Å². The van der Waals surface area contributed by atoms with Crippen molar-refractivity contribution in [3.8, 4) is 0 Å². The van der Waals surface area contributed by atoms with Crippen LogP contribution in [-0.4, -0.2) is 11.5 Å². The molecule has 1 saturated carbocycles. The summed E-state index contributed by atoms with van der Waals surface area (Å²) in [5.74, 6) is 1.01. The van der Waals surface area contributed by atoms with Crippen molar-refractivity contribution in [3.63, 3.8) is 0 Å². The Kier molecular flexibility index (Phi) is 2.48. The van der Waals surface area contributed by atoms with Gasteiger partial charge in [-0.1, -0.05) is 12.8 Å². The van der Waals surface area contributed by atoms with Crippen molar-refractivity contribution in [2.45, 2.75) is 26.2 Å². The van der Waals surface area contributed by atoms with Gasteiger partial charge < -0.3 is 5.32 Å². The first-order valence-electron chi connectivity index (χ1n) is 5.01. The monoisotopic (exact) mass is 176 g/mol. The molecule has 1 aromatic heterocycles. The smallest absolute Gasteiger partial charge is 0.0393 e. The van der Waals surface area contributed by atoms with Crippen LogP contribution in [0.3, 0.4) is 0 Å². The van der Waals surface area contributed by atoms with Gasteiger partial charge in [0.15, 0.2) is 0 Å². The molecule has 0 amide bonds. The van der Waals surface area contributed by atoms with Crippen molar-refractivity contribution >= 4 is 5.69 Å². The van der Waals surface area contributed by atoms with E-state index in [1.165, 1.54) is 24.9 Å². The van der Waals surface area contributed by atoms with E-state index in [4.69, 9.17) is 0 Å². The van der Waals surface area contributed by atoms with Crippen molar-refractivity contribution in [2.24, 2.45) is 5.92 Å². The van der Waals surface area contributed by atoms with Crippen LogP contribution >= 0.6 is 0 Å². The van der Waals surface area contributed by atoms with Crippen molar-refractivity contribution < 1.29 is 0 Å². The number of hydrogen-bond acceptors (Lipinski definition) is 2. The molecule has 13 heavy (non-hydrogen) atoms. The molecular formula is C11H16N2. The van der Waals surface area contributed by atoms with Crippen molar-refractivity contribution in [1.29, 1.82) is 0 Å². The second kappa shape index (κ2) is 3.77. The second-order valence-electron chi connectivity index (χ2n) is 3.84. The molecule has 1 aromatic rings. The molecule has 0 atom stereocenters. The number of aryl methyl sites for hydroxylation is 1. The Hall–Kier alpha value is -1.05. The molecule has 1 N–H and O–H groups in total. The fraction of sp³-hybridized carbons (Fsp3) is 0.545. The lowest BCUT2D eigenvalue weighted by molar-refractivity contribution is 0.760. The van der Waals surface area contributed by atoms with Crippen molar-refractivity contribution in [3.05, 3.63) is 24.0 Å². The molecule has 2 nitrogen and oxygen atoms in total. The first kappa shape index (κ1) is 8.54. The highest BCUT2D eigenvalue weighted by Gasteiger charge is 2.19. The SMILES string of the molecule is Cc1cc(NCCC2CC2)ccn1. The summed E-state index contributed by atoms with van der Waals surface area (Å²) >= 11 is 0. The van der Waals surface area contributed by atoms with E-state index in [1.54, 1.807) is 0 Å². The third-order valence-electron chi connectivity index (χ3n) is 2.48. The van der Waals surface area contributed by atoms with E-state index in [-0.39, 0.29) is 0 Å². The van der Waals surface area contributed by atoms with Crippen LogP contribution in [0.15, 0.2) is 18.3 Å². The summed E-state index contributed by atoms with van der Waals surface area (Å²) in [4.78, 5) is 4.16. The van der Waals surface area contributed by atoms with E-state index in [9.17, 15) is 0 Å². The molecule has 1 fully saturated rings. The minimum Gasteiger partial charge on any atom is -0.385 e. The van der Waals surface area contributed by atoms with Crippen molar-refractivity contribution in [2.75, 3.05) is 11.9 Å². The van der Waals surface area contributed by atoms with E-state index in [0.717, 1.165) is 18.2 Å². The highest BCUT2D eigenvalue weighted by atomic mass is 14.9. The van der Waals surface area contributed by atoms with Crippen LogP contribution in [0.1, 0.15) is 25.0 Å². The average Bonchev–Trinajstić information content (AvgIpc) is 2.88. The fourth-order valence-corrected chi connectivity index (χ4v) is 1.48. The van der Waals surface area contributed by atoms with Gasteiger partial charge in [0.1, 0.15) is 0 Å². The predicted octanol–water partition coefficient (Wildman–Crippen LogP) is 2.60. The summed E-state index contributed by atoms with van der Waals surface area (Å²) in [6.45, 7) is 3.13. The van der Waals surface area contributed by atoms with Gasteiger partial charge in [-0.2, -0.15) is 0 Å². The molecule has 1 heterocycles. The first-order chi connectivity index (χ1) is 6.34. The van der Waals surface area contributed by atoms with Crippen LogP contribution in [-0.2, 0) is 0 Å². The quantitative estimate of drug-likeness (QED) is 0.762. The third kappa shape index (κ3) is 2.72. The fourth-order valence-electron chi connectivity index (χ4n) is 1.48. The predicted molar refractivity (Wildman–Crippen MR) is 54.8 cm³/mol. The molecule has 0 bridgehead atoms. The Morgan fingerprint density at radius 3 is 3.08 bits per heavy atom. The standard InChI is InChI=1S/C11H16N2/c1-9-8-11(5-7-12-9)13-6-4-10-2-3-10/h5,7-8,10H,2-4,6H2,1H3,(H,12,13). The number of hydrogen-bond donors (Lipinski definition) is 1. The van der Waals surface area contributed by atoms with Crippen LogP contribution in [0, 0.1) is 12.8 Å². The van der Waals surface area contributed by atoms with Crippen LogP contribution < -0.4 is 5.32 Å². The average molecular weight is 176 g/mol. The number of nitrogens with one attached hydrogen (secondary N) is 1. The molecule has 0 aliphatic heterocycles. The van der Waals surface area contributed by atoms with E-state index < -0.39 is 0 Å². The van der Waals surface area contributed by atoms with Gasteiger partial charge in [-0.3, -0.25) is 4.98 Å². The lowest BCUT2D eigenvalue weighted by atomic mass is 10.3. The number of anilines is 1. The summed E-state index contributed by atoms with van der Waals surface area (Å²) < 4.78 is 0. The molecule has 0 aromatic carbocycles. The summed E-state index contributed by atoms with van der Waals surface area (Å²) in [6, 6.07) is 4.12. The lowest BCUT2D eigenvalue weighted by Crippen LogP contribution is -2.02. The molecule has 0 saturated heterocycles. The molecule has 0 spiro atoms. The molecule has 1 aliphatic rings. The molecule has 1 aliphatic carbocycles. The molecule has 2 heteroatoms. The Labute approximate surface area is 79.4 Å². The normalized spacial score (nSPS) is 15.8. The van der Waals surface area contributed by atoms with Crippen LogP contribution in [0.25, 0.3) is 0 Å². The minimum atomic E-state index is 1.01. The number of rotatable bonds is 4. The Morgan fingerprint density at radius 1 is 1.54 bits per heavy atom. The topological polar surface area (TPSA) is 24.9 Å². The van der Waals surface area contributed by atoms with Gasteiger partial charge in [-0.25, -0.2) is 0 Å². The van der Waals surface area contributed by atoms with Gasteiger partial charge in [0, 0.05) is 24.1 Å². The molecular weight excluding hydrogens is 160 g/mol. The van der Waals surface area contributed by atoms with Gasteiger partial charge in [-0.05, 0) is 31.4 Å². The summed E-state index contributed by atoms with van der Waals surface area (Å²) in [7, 11) is 0. The van der Waals surface area contributed by atoms with E-state index in [0.29, 0.717) is 0 Å². The minimum absolute atomic E-state index is 1.01. The molecule has 2 rings (SSSR count). The Bertz CT molecular complexity index is 279. The van der Waals surface area contributed by atoms with Crippen molar-refractivity contribution in [1.82, 2.24) is 4.98 Å². The molecule has 0 unspecified atom stereocenters. The zero-order chi connectivity index (χ0) is 9.10. The highest BCUT2D eigenvalue weighted by molar-refractivity contribution is 5.42. The van der Waals surface area contributed by atoms with Crippen LogP contribution in [0.4, 0.5) is 5.69 Å². The van der Waals surface area contributed by atoms with Crippen LogP contribution in [0.5, 0.6) is 0 Å². The maximum Gasteiger partial charge on any atom is 0.0393 e. The maximum atomic E-state index is 4.16. The van der Waals surface area contributed by atoms with Gasteiger partial charge in [0.05, 0.1) is 0 Å². The Balaban J connectivity index is 1.79. The zero-order valence-electron chi connectivity index (χ0n) is 8.09. The Morgan fingerprint density at radius 2 is 2.38 bits per heavy atom. The molecule has 0 radical (unpaired) electrons. The maximum absolute atomic E-state index is 4.16. The largest absolute Gasteiger partial charge is 0.385 e. The number of pyridine rings is 1. The van der Waals surface area contributed by atoms with E-state index >= 15 is 0 Å². The van der Waals surface area contributed by atoms with Gasteiger partial charge >= 0.3 is 0 Å². The summed E-state index contributed by atoms with van der Waals surface area (Å²) in [5.41, 5.74) is 2.28. The van der Waals surface area contributed by atoms with Gasteiger partial charge in [0.25, 0.3) is 0 Å².